The van der Waals surface area contributed by atoms with Crippen molar-refractivity contribution in [3.05, 3.63) is 0 Å². The van der Waals surface area contributed by atoms with E-state index < -0.39 is 0 Å². The van der Waals surface area contributed by atoms with E-state index in [0.29, 0.717) is 0 Å². The summed E-state index contributed by atoms with van der Waals surface area (Å²) in [5, 5.41) is 0. The van der Waals surface area contributed by atoms with Gasteiger partial charge in [-0.25, -0.2) is 5.90 Å². The van der Waals surface area contributed by atoms with Crippen LogP contribution in [0.25, 0.3) is 0 Å². The van der Waals surface area contributed by atoms with Crippen molar-refractivity contribution in [3.63, 3.8) is 0 Å². The first kappa shape index (κ1) is 6.01. The zero-order valence-corrected chi connectivity index (χ0v) is 4.84. The van der Waals surface area contributed by atoms with Gasteiger partial charge in [0.05, 0.1) is 6.10 Å². The smallest absolute Gasteiger partial charge is 0.0937 e. The highest BCUT2D eigenvalue weighted by Gasteiger charge is 2.23. The van der Waals surface area contributed by atoms with Crippen molar-refractivity contribution in [3.8, 4) is 0 Å². The molecule has 1 saturated carbocycles. The van der Waals surface area contributed by atoms with E-state index in [9.17, 15) is 0 Å². The van der Waals surface area contributed by atoms with Crippen molar-refractivity contribution >= 4 is 0 Å². The molecule has 2 unspecified atom stereocenters. The number of hydrogen-bond acceptors (Lipinski definition) is 3. The highest BCUT2D eigenvalue weighted by molar-refractivity contribution is 4.79. The number of rotatable bonds is 1. The lowest BCUT2D eigenvalue weighted by atomic mass is 10.2. The van der Waals surface area contributed by atoms with E-state index in [0.717, 1.165) is 19.3 Å². The lowest BCUT2D eigenvalue weighted by molar-refractivity contribution is 0.0481. The summed E-state index contributed by atoms with van der Waals surface area (Å²) in [6.07, 6.45) is 3.36. The third-order valence-corrected chi connectivity index (χ3v) is 1.68. The highest BCUT2D eigenvalue weighted by Crippen LogP contribution is 2.18. The van der Waals surface area contributed by atoms with Crippen LogP contribution < -0.4 is 11.6 Å². The predicted molar refractivity (Wildman–Crippen MR) is 30.9 cm³/mol. The zero-order chi connectivity index (χ0) is 5.98. The Hall–Kier alpha value is -0.120. The van der Waals surface area contributed by atoms with Crippen LogP contribution in [0.4, 0.5) is 0 Å². The predicted octanol–water partition coefficient (Wildman–Crippen LogP) is -0.243. The fourth-order valence-electron chi connectivity index (χ4n) is 1.12. The summed E-state index contributed by atoms with van der Waals surface area (Å²) in [6, 6.07) is 0.181. The molecule has 3 nitrogen and oxygen atoms in total. The van der Waals surface area contributed by atoms with Crippen LogP contribution in [0.2, 0.25) is 0 Å². The first-order chi connectivity index (χ1) is 3.84. The van der Waals surface area contributed by atoms with Crippen molar-refractivity contribution in [2.45, 2.75) is 31.4 Å². The Balaban J connectivity index is 2.30. The summed E-state index contributed by atoms with van der Waals surface area (Å²) < 4.78 is 0. The van der Waals surface area contributed by atoms with E-state index in [4.69, 9.17) is 11.6 Å². The van der Waals surface area contributed by atoms with Gasteiger partial charge in [0.15, 0.2) is 0 Å². The first-order valence-corrected chi connectivity index (χ1v) is 2.95. The molecule has 1 aliphatic carbocycles. The molecule has 1 rings (SSSR count). The minimum Gasteiger partial charge on any atom is -0.325 e. The van der Waals surface area contributed by atoms with E-state index in [2.05, 4.69) is 4.84 Å². The maximum Gasteiger partial charge on any atom is 0.0937 e. The Morgan fingerprint density at radius 1 is 1.38 bits per heavy atom. The highest BCUT2D eigenvalue weighted by atomic mass is 16.6. The molecule has 1 aliphatic rings. The summed E-state index contributed by atoms with van der Waals surface area (Å²) in [4.78, 5) is 4.60. The van der Waals surface area contributed by atoms with E-state index in [1.54, 1.807) is 0 Å². The van der Waals surface area contributed by atoms with Crippen LogP contribution in [0.15, 0.2) is 0 Å². The molecule has 0 heterocycles. The maximum absolute atomic E-state index is 5.58. The second-order valence-electron chi connectivity index (χ2n) is 2.27. The topological polar surface area (TPSA) is 61.3 Å². The van der Waals surface area contributed by atoms with Crippen molar-refractivity contribution in [1.29, 1.82) is 0 Å². The average molecular weight is 116 g/mol. The van der Waals surface area contributed by atoms with Crippen molar-refractivity contribution < 1.29 is 4.84 Å². The normalized spacial score (nSPS) is 38.2. The molecule has 0 aromatic carbocycles. The van der Waals surface area contributed by atoms with Gasteiger partial charge in [0.25, 0.3) is 0 Å². The summed E-state index contributed by atoms with van der Waals surface area (Å²) in [5.41, 5.74) is 5.58. The van der Waals surface area contributed by atoms with E-state index >= 15 is 0 Å². The quantitative estimate of drug-likeness (QED) is 0.465. The molecule has 0 amide bonds. The molecule has 4 N–H and O–H groups in total. The molecule has 0 radical (unpaired) electrons. The average Bonchev–Trinajstić information content (AvgIpc) is 2.14. The van der Waals surface area contributed by atoms with Gasteiger partial charge in [-0.3, -0.25) is 4.84 Å². The van der Waals surface area contributed by atoms with Gasteiger partial charge in [0.1, 0.15) is 0 Å². The molecule has 0 aromatic rings. The second-order valence-corrected chi connectivity index (χ2v) is 2.27. The molecule has 0 spiro atoms. The third kappa shape index (κ3) is 0.992. The summed E-state index contributed by atoms with van der Waals surface area (Å²) >= 11 is 0. The lowest BCUT2D eigenvalue weighted by Gasteiger charge is -2.10. The Morgan fingerprint density at radius 3 is 2.38 bits per heavy atom. The van der Waals surface area contributed by atoms with Crippen LogP contribution in [0.1, 0.15) is 19.3 Å². The molecule has 0 saturated heterocycles. The van der Waals surface area contributed by atoms with Gasteiger partial charge < -0.3 is 5.73 Å². The third-order valence-electron chi connectivity index (χ3n) is 1.68. The Labute approximate surface area is 48.9 Å². The molecule has 0 aromatic heterocycles. The van der Waals surface area contributed by atoms with Gasteiger partial charge in [0, 0.05) is 6.04 Å². The zero-order valence-electron chi connectivity index (χ0n) is 4.84. The monoisotopic (exact) mass is 116 g/mol. The Kier molecular flexibility index (Phi) is 1.83. The van der Waals surface area contributed by atoms with Crippen LogP contribution in [-0.4, -0.2) is 12.1 Å². The van der Waals surface area contributed by atoms with Gasteiger partial charge in [-0.15, -0.1) is 0 Å². The Bertz CT molecular complexity index is 76.8. The largest absolute Gasteiger partial charge is 0.325 e. The SMILES string of the molecule is NOC1CCCC1N. The minimum absolute atomic E-state index is 0.120. The summed E-state index contributed by atoms with van der Waals surface area (Å²) in [7, 11) is 0. The fourth-order valence-corrected chi connectivity index (χ4v) is 1.12. The number of nitrogens with two attached hydrogens (primary N) is 2. The molecule has 1 fully saturated rings. The number of hydrogen-bond donors (Lipinski definition) is 2. The molecule has 0 aliphatic heterocycles. The van der Waals surface area contributed by atoms with Crippen LogP contribution in [0.3, 0.4) is 0 Å². The van der Waals surface area contributed by atoms with Gasteiger partial charge in [-0.1, -0.05) is 0 Å². The molecule has 8 heavy (non-hydrogen) atoms. The van der Waals surface area contributed by atoms with Crippen LogP contribution in [0.5, 0.6) is 0 Å². The maximum atomic E-state index is 5.58. The molecule has 3 heteroatoms. The second kappa shape index (κ2) is 2.44. The van der Waals surface area contributed by atoms with Crippen molar-refractivity contribution in [1.82, 2.24) is 0 Å². The van der Waals surface area contributed by atoms with Gasteiger partial charge in [-0.05, 0) is 19.3 Å². The summed E-state index contributed by atoms with van der Waals surface area (Å²) in [5.74, 6) is 4.94. The van der Waals surface area contributed by atoms with Crippen LogP contribution in [-0.2, 0) is 4.84 Å². The van der Waals surface area contributed by atoms with E-state index in [1.165, 1.54) is 0 Å². The van der Waals surface area contributed by atoms with E-state index in [-0.39, 0.29) is 12.1 Å². The molecule has 2 atom stereocenters. The summed E-state index contributed by atoms with van der Waals surface area (Å²) in [6.45, 7) is 0. The molecular weight excluding hydrogens is 104 g/mol. The minimum atomic E-state index is 0.120. The molecule has 0 bridgehead atoms. The van der Waals surface area contributed by atoms with Gasteiger partial charge in [0.2, 0.25) is 0 Å². The lowest BCUT2D eigenvalue weighted by Crippen LogP contribution is -2.33. The molecule has 48 valence electrons. The van der Waals surface area contributed by atoms with E-state index in [1.807, 2.05) is 0 Å². The van der Waals surface area contributed by atoms with Gasteiger partial charge in [-0.2, -0.15) is 0 Å². The molecular formula is C5H12N2O. The van der Waals surface area contributed by atoms with Crippen molar-refractivity contribution in [2.75, 3.05) is 0 Å². The Morgan fingerprint density at radius 2 is 2.12 bits per heavy atom. The van der Waals surface area contributed by atoms with Crippen LogP contribution >= 0.6 is 0 Å². The van der Waals surface area contributed by atoms with Gasteiger partial charge >= 0.3 is 0 Å². The van der Waals surface area contributed by atoms with Crippen molar-refractivity contribution in [2.24, 2.45) is 11.6 Å². The first-order valence-electron chi connectivity index (χ1n) is 2.95. The fraction of sp³-hybridized carbons (Fsp3) is 1.00. The van der Waals surface area contributed by atoms with Crippen LogP contribution in [0, 0.1) is 0 Å². The standard InChI is InChI=1S/C5H12N2O/c6-4-2-1-3-5(4)8-7/h4-5H,1-3,6-7H2.